The Morgan fingerprint density at radius 1 is 0.444 bits per heavy atom. The summed E-state index contributed by atoms with van der Waals surface area (Å²) in [6.07, 6.45) is -23.8. The van der Waals surface area contributed by atoms with Crippen molar-refractivity contribution in [1.82, 2.24) is 0 Å². The smallest absolute Gasteiger partial charge is 0.308 e. The molecule has 0 spiro atoms. The molecule has 0 saturated carbocycles. The molecule has 0 aromatic heterocycles. The van der Waals surface area contributed by atoms with E-state index in [-0.39, 0.29) is 104 Å². The van der Waals surface area contributed by atoms with Crippen molar-refractivity contribution < 1.29 is 100.0 Å². The maximum atomic E-state index is 14.1. The highest BCUT2D eigenvalue weighted by atomic mass is 28.4. The van der Waals surface area contributed by atoms with E-state index in [4.69, 9.17) is 89.7 Å². The van der Waals surface area contributed by atoms with Crippen LogP contribution in [0.15, 0.2) is 30.7 Å². The third-order valence-corrected chi connectivity index (χ3v) is 18.0. The molecular weight excluding hydrogens is 1220 g/mol. The molecule has 0 amide bonds. The first-order valence-corrected chi connectivity index (χ1v) is 31.6. The van der Waals surface area contributed by atoms with E-state index in [1.54, 1.807) is 0 Å². The summed E-state index contributed by atoms with van der Waals surface area (Å²) in [4.78, 5) is 124. The maximum absolute atomic E-state index is 14.1. The lowest BCUT2D eigenvalue weighted by molar-refractivity contribution is -0.318. The number of esters is 7. The average molecular weight is 1300 g/mol. The second-order valence-electron chi connectivity index (χ2n) is 21.6. The second-order valence-corrected chi connectivity index (χ2v) is 26.4. The Bertz CT molecular complexity index is 2690. The third kappa shape index (κ3) is 30.2. The highest BCUT2D eigenvalue weighted by Crippen LogP contribution is 2.39. The van der Waals surface area contributed by atoms with Gasteiger partial charge in [-0.2, -0.15) is 0 Å². The van der Waals surface area contributed by atoms with E-state index in [1.807, 2.05) is 33.9 Å². The van der Waals surface area contributed by atoms with E-state index in [2.05, 4.69) is 60.2 Å². The summed E-state index contributed by atoms with van der Waals surface area (Å²) in [6.45, 7) is 10.3. The molecule has 498 valence electrons. The van der Waals surface area contributed by atoms with Gasteiger partial charge in [0.2, 0.25) is 0 Å². The summed E-state index contributed by atoms with van der Waals surface area (Å²) in [5, 5.41) is 29.7. The van der Waals surface area contributed by atoms with Crippen LogP contribution in [-0.4, -0.2) is 187 Å². The van der Waals surface area contributed by atoms with Crippen molar-refractivity contribution in [3.8, 4) is 0 Å². The van der Waals surface area contributed by atoms with Crippen molar-refractivity contribution in [2.75, 3.05) is 52.5 Å². The van der Waals surface area contributed by atoms with Gasteiger partial charge in [-0.3, -0.25) is 38.4 Å². The van der Waals surface area contributed by atoms with Crippen LogP contribution in [0.25, 0.3) is 62.7 Å². The first-order chi connectivity index (χ1) is 42.8. The fourth-order valence-corrected chi connectivity index (χ4v) is 9.13. The molecule has 2 rings (SSSR count). The number of rotatable bonds is 43. The molecule has 2 aliphatic heterocycles. The summed E-state index contributed by atoms with van der Waals surface area (Å²) in [5.41, 5.74) is 52.9. The molecule has 0 bridgehead atoms. The van der Waals surface area contributed by atoms with Crippen LogP contribution in [0.2, 0.25) is 18.1 Å². The van der Waals surface area contributed by atoms with Gasteiger partial charge in [0.25, 0.3) is 0 Å². The van der Waals surface area contributed by atoms with E-state index in [0.29, 0.717) is 0 Å². The highest BCUT2D eigenvalue weighted by Gasteiger charge is 2.56. The largest absolute Gasteiger partial charge is 0.481 e. The van der Waals surface area contributed by atoms with Crippen LogP contribution in [0.3, 0.4) is 0 Å². The quantitative estimate of drug-likeness (QED) is 0.0113. The van der Waals surface area contributed by atoms with Gasteiger partial charge >= 0.3 is 47.8 Å². The van der Waals surface area contributed by atoms with Gasteiger partial charge in [0.15, 0.2) is 57.5 Å². The van der Waals surface area contributed by atoms with E-state index in [1.165, 1.54) is 13.8 Å². The summed E-state index contributed by atoms with van der Waals surface area (Å²) in [7, 11) is -2.71. The molecule has 12 atom stereocenters. The van der Waals surface area contributed by atoms with Crippen molar-refractivity contribution >= 4 is 56.1 Å². The number of nitrogens with zero attached hydrogens (tertiary/aromatic N) is 18. The second kappa shape index (κ2) is 42.5. The van der Waals surface area contributed by atoms with E-state index < -0.39 is 173 Å². The lowest BCUT2D eigenvalue weighted by Gasteiger charge is -2.46. The molecule has 0 aromatic carbocycles. The van der Waals surface area contributed by atoms with Crippen molar-refractivity contribution in [2.24, 2.45) is 30.7 Å². The Kier molecular flexibility index (Phi) is 36.7. The topological polar surface area (TPSA) is 560 Å². The molecule has 2 fully saturated rings. The molecule has 0 aliphatic carbocycles. The predicted molar refractivity (Wildman–Crippen MR) is 308 cm³/mol. The standard InChI is InChI=1S/C50H78N18O21Si/c1-30(26-34(69)70)80-48-46(88-39(75)18-12-24-61-67-55)44(86-37(73)16-10-22-59-65-53)42(84-35(71)14-8-20-57-63-51)32(82-48)28-78-41(77)27-31(2)81-49-47(89-40(76)19-13-25-62-68-56)45(87-38(74)17-11-23-60-66-54)43(85-36(72)15-9-21-58-64-52)33(83-49)29-79-90(6,7)50(3,4)5/h30-33,42-49H,8-29H2,1-7H3,(H,69,70)/t30-,31-,32+,33+,42+,43+,44-,45-,46+,47+,48+,49+/m0/s1. The number of carbonyl (C=O) groups excluding carboxylic acids is 7. The first kappa shape index (κ1) is 77.7. The Balaban J connectivity index is 2.80. The van der Waals surface area contributed by atoms with Gasteiger partial charge in [-0.25, -0.2) is 0 Å². The minimum Gasteiger partial charge on any atom is -0.481 e. The van der Waals surface area contributed by atoms with Gasteiger partial charge in [-0.15, -0.1) is 0 Å². The zero-order chi connectivity index (χ0) is 67.1. The fraction of sp³-hybridized carbons (Fsp3) is 0.840. The molecule has 0 aromatic rings. The normalized spacial score (nSPS) is 21.7. The van der Waals surface area contributed by atoms with Gasteiger partial charge in [-0.1, -0.05) is 51.5 Å². The van der Waals surface area contributed by atoms with Gasteiger partial charge < -0.3 is 61.6 Å². The Morgan fingerprint density at radius 3 is 1.01 bits per heavy atom. The molecule has 39 nitrogen and oxygen atoms in total. The molecule has 2 heterocycles. The summed E-state index contributed by atoms with van der Waals surface area (Å²) >= 11 is 0. The minimum absolute atomic E-state index is 0.0104. The average Bonchev–Trinajstić information content (AvgIpc) is 0.827. The Hall–Kier alpha value is -8.36. The van der Waals surface area contributed by atoms with Crippen molar-refractivity contribution in [2.45, 2.75) is 216 Å². The molecule has 1 N–H and O–H groups in total. The van der Waals surface area contributed by atoms with Crippen LogP contribution in [0.1, 0.15) is 125 Å². The predicted octanol–water partition coefficient (Wildman–Crippen LogP) is 8.69. The molecule has 2 aliphatic rings. The number of carboxylic acid groups (broad SMARTS) is 1. The number of aliphatic carboxylic acids is 1. The maximum Gasteiger partial charge on any atom is 0.308 e. The molecular formula is C50H78N18O21Si. The zero-order valence-corrected chi connectivity index (χ0v) is 52.1. The number of azide groups is 6. The van der Waals surface area contributed by atoms with E-state index in [9.17, 15) is 43.5 Å². The lowest BCUT2D eigenvalue weighted by atomic mass is 9.97. The van der Waals surface area contributed by atoms with Gasteiger partial charge in [0, 0.05) is 107 Å². The van der Waals surface area contributed by atoms with Gasteiger partial charge in [0.1, 0.15) is 18.8 Å². The molecule has 40 heteroatoms. The van der Waals surface area contributed by atoms with Crippen molar-refractivity contribution in [3.63, 3.8) is 0 Å². The van der Waals surface area contributed by atoms with Crippen LogP contribution in [0.4, 0.5) is 0 Å². The number of carbonyl (C=O) groups is 8. The minimum atomic E-state index is -2.71. The summed E-state index contributed by atoms with van der Waals surface area (Å²) in [6, 6.07) is 0. The van der Waals surface area contributed by atoms with Crippen LogP contribution in [0.5, 0.6) is 0 Å². The zero-order valence-electron chi connectivity index (χ0n) is 51.1. The number of hydrogen-bond donors (Lipinski definition) is 1. The van der Waals surface area contributed by atoms with E-state index >= 15 is 0 Å². The SMILES string of the molecule is C[C@@H](CC(=O)O)O[C@@H]1O[C@H](COC(=O)C[C@H](C)O[C@@H]2O[C@H](CO[Si](C)(C)C(C)(C)C)[C@@H](OC(=O)CCCN=[N+]=[N-])[C@H](OC(=O)CCCN=[N+]=[N-])[C@H]2OC(=O)CCCN=[N+]=[N-])[C@@H](OC(=O)CCCN=[N+]=[N-])[C@H](OC(=O)CCCN=[N+]=[N-])[C@H]1OC(=O)CCCN=[N+]=[N-]. The van der Waals surface area contributed by atoms with Crippen molar-refractivity contribution in [1.29, 1.82) is 0 Å². The number of hydrogen-bond acceptors (Lipinski definition) is 26. The molecule has 2 saturated heterocycles. The van der Waals surface area contributed by atoms with Crippen LogP contribution in [-0.2, 0) is 94.9 Å². The van der Waals surface area contributed by atoms with Gasteiger partial charge in [-0.05, 0) is 104 Å². The van der Waals surface area contributed by atoms with Crippen molar-refractivity contribution in [3.05, 3.63) is 62.7 Å². The van der Waals surface area contributed by atoms with Gasteiger partial charge in [0.05, 0.1) is 31.7 Å². The molecule has 0 unspecified atom stereocenters. The highest BCUT2D eigenvalue weighted by molar-refractivity contribution is 6.74. The summed E-state index contributed by atoms with van der Waals surface area (Å²) in [5.74, 6) is -8.24. The fourth-order valence-electron chi connectivity index (χ4n) is 8.12. The lowest BCUT2D eigenvalue weighted by Crippen LogP contribution is -2.64. The van der Waals surface area contributed by atoms with Crippen LogP contribution >= 0.6 is 0 Å². The monoisotopic (exact) mass is 1290 g/mol. The number of carboxylic acids is 1. The van der Waals surface area contributed by atoms with Crippen LogP contribution < -0.4 is 0 Å². The molecule has 0 radical (unpaired) electrons. The molecule has 90 heavy (non-hydrogen) atoms. The Morgan fingerprint density at radius 2 is 0.722 bits per heavy atom. The Labute approximate surface area is 516 Å². The van der Waals surface area contributed by atoms with Crippen LogP contribution in [0, 0.1) is 0 Å². The van der Waals surface area contributed by atoms with E-state index in [0.717, 1.165) is 0 Å². The number of ether oxygens (including phenoxy) is 11. The first-order valence-electron chi connectivity index (χ1n) is 28.7. The summed E-state index contributed by atoms with van der Waals surface area (Å²) < 4.78 is 72.5. The third-order valence-electron chi connectivity index (χ3n) is 13.5.